The van der Waals surface area contributed by atoms with E-state index in [1.807, 2.05) is 11.8 Å². The lowest BCUT2D eigenvalue weighted by Crippen LogP contribution is -2.39. The van der Waals surface area contributed by atoms with Gasteiger partial charge in [0.15, 0.2) is 0 Å². The summed E-state index contributed by atoms with van der Waals surface area (Å²) in [4.78, 5) is 25.0. The van der Waals surface area contributed by atoms with E-state index in [9.17, 15) is 14.9 Å². The van der Waals surface area contributed by atoms with Crippen LogP contribution in [0.4, 0.5) is 5.69 Å². The molecule has 0 radical (unpaired) electrons. The number of aromatic nitrogens is 1. The van der Waals surface area contributed by atoms with Crippen molar-refractivity contribution in [2.24, 2.45) is 0 Å². The molecule has 1 aromatic heterocycles. The molecule has 7 heteroatoms. The van der Waals surface area contributed by atoms with Crippen LogP contribution in [0.3, 0.4) is 0 Å². The molecule has 3 rings (SSSR count). The van der Waals surface area contributed by atoms with Crippen LogP contribution in [-0.4, -0.2) is 45.5 Å². The number of aryl methyl sites for hydroxylation is 1. The van der Waals surface area contributed by atoms with Crippen LogP contribution in [0, 0.1) is 10.1 Å². The van der Waals surface area contributed by atoms with E-state index in [-0.39, 0.29) is 11.6 Å². The van der Waals surface area contributed by atoms with Gasteiger partial charge < -0.3 is 14.8 Å². The van der Waals surface area contributed by atoms with Crippen molar-refractivity contribution in [3.63, 3.8) is 0 Å². The lowest BCUT2D eigenvalue weighted by atomic mass is 10.1. The number of likely N-dealkylation sites (tertiary alicyclic amines) is 1. The second-order valence-electron chi connectivity index (χ2n) is 5.80. The highest BCUT2D eigenvalue weighted by Crippen LogP contribution is 2.23. The third kappa shape index (κ3) is 2.65. The third-order valence-corrected chi connectivity index (χ3v) is 4.46. The number of carbonyl (C=O) groups is 1. The first-order valence-corrected chi connectivity index (χ1v) is 7.48. The highest BCUT2D eigenvalue weighted by atomic mass is 16.6. The molecule has 0 aromatic carbocycles. The van der Waals surface area contributed by atoms with E-state index in [0.29, 0.717) is 30.9 Å². The van der Waals surface area contributed by atoms with Gasteiger partial charge in [0.1, 0.15) is 5.69 Å². The number of carbonyl (C=O) groups excluding carboxylic acids is 1. The number of amides is 1. The molecule has 2 unspecified atom stereocenters. The molecule has 2 atom stereocenters. The molecule has 1 N–H and O–H groups in total. The summed E-state index contributed by atoms with van der Waals surface area (Å²) in [5.74, 6) is -0.0979. The third-order valence-electron chi connectivity index (χ3n) is 4.46. The first kappa shape index (κ1) is 14.1. The summed E-state index contributed by atoms with van der Waals surface area (Å²) in [5, 5.41) is 14.4. The molecule has 2 saturated heterocycles. The van der Waals surface area contributed by atoms with Crippen molar-refractivity contribution in [3.8, 4) is 0 Å². The van der Waals surface area contributed by atoms with Gasteiger partial charge in [0.2, 0.25) is 0 Å². The zero-order chi connectivity index (χ0) is 15.0. The summed E-state index contributed by atoms with van der Waals surface area (Å²) in [5.41, 5.74) is 0.400. The van der Waals surface area contributed by atoms with E-state index < -0.39 is 4.92 Å². The first-order valence-electron chi connectivity index (χ1n) is 7.48. The van der Waals surface area contributed by atoms with Crippen molar-refractivity contribution < 1.29 is 9.72 Å². The van der Waals surface area contributed by atoms with E-state index in [1.54, 1.807) is 4.57 Å². The fourth-order valence-electron chi connectivity index (χ4n) is 3.33. The topological polar surface area (TPSA) is 80.4 Å². The van der Waals surface area contributed by atoms with Crippen LogP contribution in [0.2, 0.25) is 0 Å². The Hall–Kier alpha value is -1.89. The van der Waals surface area contributed by atoms with Crippen LogP contribution in [0.5, 0.6) is 0 Å². The van der Waals surface area contributed by atoms with Crippen molar-refractivity contribution in [1.29, 1.82) is 0 Å². The SMILES string of the molecule is CCn1cc([N+](=O)[O-])cc1C(=O)N1CCC2CCC(C1)N2. The largest absolute Gasteiger partial charge is 0.337 e. The normalized spacial score (nSPS) is 24.9. The van der Waals surface area contributed by atoms with Crippen LogP contribution < -0.4 is 5.32 Å². The molecule has 7 nitrogen and oxygen atoms in total. The van der Waals surface area contributed by atoms with Gasteiger partial charge in [-0.2, -0.15) is 0 Å². The summed E-state index contributed by atoms with van der Waals surface area (Å²) in [6.45, 7) is 3.84. The highest BCUT2D eigenvalue weighted by molar-refractivity contribution is 5.93. The minimum absolute atomic E-state index is 0.0188. The van der Waals surface area contributed by atoms with Gasteiger partial charge in [0, 0.05) is 37.8 Å². The second kappa shape index (κ2) is 5.48. The fourth-order valence-corrected chi connectivity index (χ4v) is 3.33. The maximum atomic E-state index is 12.7. The molecule has 2 aliphatic heterocycles. The molecule has 2 fully saturated rings. The second-order valence-corrected chi connectivity index (χ2v) is 5.80. The number of fused-ring (bicyclic) bond motifs is 2. The zero-order valence-corrected chi connectivity index (χ0v) is 12.1. The number of nitrogens with zero attached hydrogens (tertiary/aromatic N) is 3. The Balaban J connectivity index is 1.82. The van der Waals surface area contributed by atoms with Crippen LogP contribution >= 0.6 is 0 Å². The number of rotatable bonds is 3. The minimum Gasteiger partial charge on any atom is -0.337 e. The molecule has 21 heavy (non-hydrogen) atoms. The molecule has 2 bridgehead atoms. The molecule has 0 saturated carbocycles. The average Bonchev–Trinajstić information content (AvgIpc) is 3.01. The molecule has 0 aliphatic carbocycles. The molecule has 0 spiro atoms. The molecule has 1 amide bonds. The minimum atomic E-state index is -0.450. The highest BCUT2D eigenvalue weighted by Gasteiger charge is 2.32. The van der Waals surface area contributed by atoms with Crippen LogP contribution in [0.25, 0.3) is 0 Å². The molecule has 2 aliphatic rings. The standard InChI is InChI=1S/C14H20N4O3/c1-2-16-9-12(18(20)21)7-13(16)14(19)17-6-5-10-3-4-11(8-17)15-10/h7,9-11,15H,2-6,8H2,1H3. The Kier molecular flexibility index (Phi) is 3.67. The van der Waals surface area contributed by atoms with E-state index in [2.05, 4.69) is 5.32 Å². The number of nitro groups is 1. The lowest BCUT2D eigenvalue weighted by Gasteiger charge is -2.24. The van der Waals surface area contributed by atoms with Gasteiger partial charge >= 0.3 is 0 Å². The van der Waals surface area contributed by atoms with Crippen molar-refractivity contribution >= 4 is 11.6 Å². The Morgan fingerprint density at radius 1 is 1.43 bits per heavy atom. The van der Waals surface area contributed by atoms with Crippen molar-refractivity contribution in [2.75, 3.05) is 13.1 Å². The predicted molar refractivity (Wildman–Crippen MR) is 77.2 cm³/mol. The van der Waals surface area contributed by atoms with Gasteiger partial charge in [-0.15, -0.1) is 0 Å². The van der Waals surface area contributed by atoms with E-state index in [4.69, 9.17) is 0 Å². The summed E-state index contributed by atoms with van der Waals surface area (Å²) in [6, 6.07) is 2.27. The van der Waals surface area contributed by atoms with Gasteiger partial charge in [0.25, 0.3) is 11.6 Å². The maximum absolute atomic E-state index is 12.7. The van der Waals surface area contributed by atoms with Crippen LogP contribution in [0.1, 0.15) is 36.7 Å². The number of hydrogen-bond acceptors (Lipinski definition) is 4. The summed E-state index contributed by atoms with van der Waals surface area (Å²) >= 11 is 0. The Morgan fingerprint density at radius 2 is 2.19 bits per heavy atom. The fraction of sp³-hybridized carbons (Fsp3) is 0.643. The average molecular weight is 292 g/mol. The monoisotopic (exact) mass is 292 g/mol. The van der Waals surface area contributed by atoms with Crippen molar-refractivity contribution in [1.82, 2.24) is 14.8 Å². The van der Waals surface area contributed by atoms with Crippen LogP contribution in [0.15, 0.2) is 12.3 Å². The van der Waals surface area contributed by atoms with Crippen molar-refractivity contribution in [2.45, 2.75) is 44.8 Å². The van der Waals surface area contributed by atoms with Gasteiger partial charge in [0.05, 0.1) is 11.1 Å². The Labute approximate surface area is 123 Å². The summed E-state index contributed by atoms with van der Waals surface area (Å²) in [6.07, 6.45) is 4.68. The maximum Gasteiger partial charge on any atom is 0.287 e. The molecule has 1 aromatic rings. The summed E-state index contributed by atoms with van der Waals surface area (Å²) in [7, 11) is 0. The molecular weight excluding hydrogens is 272 g/mol. The van der Waals surface area contributed by atoms with Crippen molar-refractivity contribution in [3.05, 3.63) is 28.1 Å². The van der Waals surface area contributed by atoms with Gasteiger partial charge in [-0.1, -0.05) is 0 Å². The van der Waals surface area contributed by atoms with Gasteiger partial charge in [-0.25, -0.2) is 0 Å². The Bertz CT molecular complexity index is 569. The zero-order valence-electron chi connectivity index (χ0n) is 12.1. The van der Waals surface area contributed by atoms with E-state index >= 15 is 0 Å². The molecular formula is C14H20N4O3. The molecule has 114 valence electrons. The first-order chi connectivity index (χ1) is 10.1. The summed E-state index contributed by atoms with van der Waals surface area (Å²) < 4.78 is 1.66. The quantitative estimate of drug-likeness (QED) is 0.674. The Morgan fingerprint density at radius 3 is 2.90 bits per heavy atom. The van der Waals surface area contributed by atoms with E-state index in [1.165, 1.54) is 18.7 Å². The van der Waals surface area contributed by atoms with E-state index in [0.717, 1.165) is 19.4 Å². The van der Waals surface area contributed by atoms with Crippen LogP contribution in [-0.2, 0) is 6.54 Å². The molecule has 3 heterocycles. The predicted octanol–water partition coefficient (Wildman–Crippen LogP) is 1.38. The smallest absolute Gasteiger partial charge is 0.287 e. The van der Waals surface area contributed by atoms with Gasteiger partial charge in [-0.05, 0) is 26.2 Å². The number of hydrogen-bond donors (Lipinski definition) is 1. The number of nitrogens with one attached hydrogen (secondary N) is 1. The van der Waals surface area contributed by atoms with Gasteiger partial charge in [-0.3, -0.25) is 14.9 Å². The lowest BCUT2D eigenvalue weighted by molar-refractivity contribution is -0.384.